The number of anilines is 1. The maximum Gasteiger partial charge on any atom is 0.277 e. The zero-order valence-corrected chi connectivity index (χ0v) is 13.8. The maximum absolute atomic E-state index is 12.5. The summed E-state index contributed by atoms with van der Waals surface area (Å²) >= 11 is 0. The summed E-state index contributed by atoms with van der Waals surface area (Å²) in [7, 11) is 1.75. The minimum atomic E-state index is -0.347. The third-order valence-corrected chi connectivity index (χ3v) is 3.71. The topological polar surface area (TPSA) is 103 Å². The van der Waals surface area contributed by atoms with Crippen LogP contribution in [0, 0.1) is 0 Å². The van der Waals surface area contributed by atoms with Crippen LogP contribution < -0.4 is 5.32 Å². The van der Waals surface area contributed by atoms with Gasteiger partial charge in [-0.1, -0.05) is 30.3 Å². The van der Waals surface area contributed by atoms with Gasteiger partial charge in [-0.2, -0.15) is 9.90 Å². The van der Waals surface area contributed by atoms with Crippen LogP contribution in [0.2, 0.25) is 0 Å². The van der Waals surface area contributed by atoms with Crippen molar-refractivity contribution in [1.82, 2.24) is 35.2 Å². The predicted molar refractivity (Wildman–Crippen MR) is 93.5 cm³/mol. The molecule has 2 aromatic carbocycles. The molecule has 0 atom stereocenters. The SMILES string of the molecule is Cn1nnnc1-c1cccc(NC(=O)c2cnn(-c3ccccc3)n2)c1. The van der Waals surface area contributed by atoms with Crippen molar-refractivity contribution in [2.75, 3.05) is 5.32 Å². The van der Waals surface area contributed by atoms with Gasteiger partial charge in [0.05, 0.1) is 11.9 Å². The van der Waals surface area contributed by atoms with Gasteiger partial charge in [0.25, 0.3) is 5.91 Å². The Morgan fingerprint density at radius 3 is 2.69 bits per heavy atom. The Morgan fingerprint density at radius 1 is 1.08 bits per heavy atom. The summed E-state index contributed by atoms with van der Waals surface area (Å²) in [5, 5.41) is 22.6. The minimum absolute atomic E-state index is 0.222. The molecular weight excluding hydrogens is 332 g/mol. The van der Waals surface area contributed by atoms with Gasteiger partial charge in [-0.05, 0) is 34.7 Å². The second kappa shape index (κ2) is 6.55. The second-order valence-corrected chi connectivity index (χ2v) is 5.52. The van der Waals surface area contributed by atoms with Crippen LogP contribution in [0.4, 0.5) is 5.69 Å². The van der Waals surface area contributed by atoms with E-state index < -0.39 is 0 Å². The van der Waals surface area contributed by atoms with Crippen molar-refractivity contribution in [3.8, 4) is 17.1 Å². The molecule has 0 bridgehead atoms. The molecule has 26 heavy (non-hydrogen) atoms. The highest BCUT2D eigenvalue weighted by Gasteiger charge is 2.13. The Hall–Kier alpha value is -3.88. The van der Waals surface area contributed by atoms with E-state index in [0.29, 0.717) is 11.5 Å². The lowest BCUT2D eigenvalue weighted by Crippen LogP contribution is -2.13. The average Bonchev–Trinajstić information content (AvgIpc) is 3.32. The number of hydrogen-bond acceptors (Lipinski definition) is 6. The minimum Gasteiger partial charge on any atom is -0.321 e. The molecule has 0 aliphatic rings. The third kappa shape index (κ3) is 3.05. The largest absolute Gasteiger partial charge is 0.321 e. The van der Waals surface area contributed by atoms with Gasteiger partial charge < -0.3 is 5.32 Å². The van der Waals surface area contributed by atoms with E-state index in [1.165, 1.54) is 11.0 Å². The molecule has 0 saturated heterocycles. The fraction of sp³-hybridized carbons (Fsp3) is 0.0588. The number of carbonyl (C=O) groups is 1. The highest BCUT2D eigenvalue weighted by molar-refractivity contribution is 6.02. The maximum atomic E-state index is 12.5. The highest BCUT2D eigenvalue weighted by Crippen LogP contribution is 2.20. The fourth-order valence-electron chi connectivity index (χ4n) is 2.46. The first kappa shape index (κ1) is 15.6. The van der Waals surface area contributed by atoms with Gasteiger partial charge in [-0.25, -0.2) is 4.68 Å². The Bertz CT molecular complexity index is 1050. The molecule has 1 N–H and O–H groups in total. The Labute approximate surface area is 148 Å². The van der Waals surface area contributed by atoms with Gasteiger partial charge in [-0.3, -0.25) is 4.79 Å². The van der Waals surface area contributed by atoms with Crippen molar-refractivity contribution in [1.29, 1.82) is 0 Å². The molecule has 0 aliphatic heterocycles. The first-order chi connectivity index (χ1) is 12.7. The Morgan fingerprint density at radius 2 is 1.92 bits per heavy atom. The molecule has 9 nitrogen and oxygen atoms in total. The van der Waals surface area contributed by atoms with Gasteiger partial charge in [0.1, 0.15) is 0 Å². The van der Waals surface area contributed by atoms with Crippen LogP contribution in [0.25, 0.3) is 17.1 Å². The summed E-state index contributed by atoms with van der Waals surface area (Å²) in [5.74, 6) is 0.261. The summed E-state index contributed by atoms with van der Waals surface area (Å²) in [6, 6.07) is 16.7. The molecule has 0 radical (unpaired) electrons. The molecule has 128 valence electrons. The van der Waals surface area contributed by atoms with Crippen LogP contribution in [0.15, 0.2) is 60.8 Å². The number of tetrazole rings is 1. The molecule has 2 aromatic heterocycles. The van der Waals surface area contributed by atoms with Gasteiger partial charge in [0.15, 0.2) is 11.5 Å². The standard InChI is InChI=1S/C17H14N8O/c1-24-16(20-22-23-24)12-6-5-7-13(10-12)19-17(26)15-11-18-25(21-15)14-8-3-2-4-9-14/h2-11H,1H3,(H,19,26). The molecular formula is C17H14N8O. The smallest absolute Gasteiger partial charge is 0.277 e. The number of hydrogen-bond donors (Lipinski definition) is 1. The van der Waals surface area contributed by atoms with E-state index in [4.69, 9.17) is 0 Å². The second-order valence-electron chi connectivity index (χ2n) is 5.52. The number of carbonyl (C=O) groups excluding carboxylic acids is 1. The van der Waals surface area contributed by atoms with Crippen molar-refractivity contribution >= 4 is 11.6 Å². The number of aromatic nitrogens is 7. The quantitative estimate of drug-likeness (QED) is 0.603. The van der Waals surface area contributed by atoms with Crippen molar-refractivity contribution < 1.29 is 4.79 Å². The molecule has 9 heteroatoms. The number of aryl methyl sites for hydroxylation is 1. The third-order valence-electron chi connectivity index (χ3n) is 3.71. The van der Waals surface area contributed by atoms with E-state index in [1.807, 2.05) is 42.5 Å². The zero-order valence-electron chi connectivity index (χ0n) is 13.8. The molecule has 0 aliphatic carbocycles. The molecule has 0 unspecified atom stereocenters. The summed E-state index contributed by atoms with van der Waals surface area (Å²) < 4.78 is 1.56. The van der Waals surface area contributed by atoms with Crippen molar-refractivity contribution in [3.05, 3.63) is 66.5 Å². The Balaban J connectivity index is 1.54. The fourth-order valence-corrected chi connectivity index (χ4v) is 2.46. The lowest BCUT2D eigenvalue weighted by molar-refractivity contribution is 0.102. The number of nitrogens with one attached hydrogen (secondary N) is 1. The van der Waals surface area contributed by atoms with E-state index >= 15 is 0 Å². The number of rotatable bonds is 4. The summed E-state index contributed by atoms with van der Waals surface area (Å²) in [6.45, 7) is 0. The summed E-state index contributed by atoms with van der Waals surface area (Å²) in [4.78, 5) is 13.9. The van der Waals surface area contributed by atoms with E-state index in [2.05, 4.69) is 31.0 Å². The Kier molecular flexibility index (Phi) is 3.94. The molecule has 1 amide bonds. The molecule has 4 rings (SSSR count). The molecule has 2 heterocycles. The van der Waals surface area contributed by atoms with E-state index in [9.17, 15) is 4.79 Å². The van der Waals surface area contributed by atoms with Crippen LogP contribution in [-0.4, -0.2) is 41.1 Å². The van der Waals surface area contributed by atoms with Gasteiger partial charge in [-0.15, -0.1) is 10.2 Å². The van der Waals surface area contributed by atoms with Crippen LogP contribution in [0.5, 0.6) is 0 Å². The molecule has 0 fully saturated rings. The van der Waals surface area contributed by atoms with E-state index in [1.54, 1.807) is 23.9 Å². The monoisotopic (exact) mass is 346 g/mol. The summed E-state index contributed by atoms with van der Waals surface area (Å²) in [6.07, 6.45) is 1.43. The molecule has 0 spiro atoms. The lowest BCUT2D eigenvalue weighted by Gasteiger charge is -2.05. The number of nitrogens with zero attached hydrogens (tertiary/aromatic N) is 7. The predicted octanol–water partition coefficient (Wildman–Crippen LogP) is 1.71. The van der Waals surface area contributed by atoms with Gasteiger partial charge in [0.2, 0.25) is 0 Å². The van der Waals surface area contributed by atoms with Crippen LogP contribution in [0.1, 0.15) is 10.5 Å². The van der Waals surface area contributed by atoms with Gasteiger partial charge in [0, 0.05) is 18.3 Å². The van der Waals surface area contributed by atoms with Crippen molar-refractivity contribution in [2.45, 2.75) is 0 Å². The first-order valence-corrected chi connectivity index (χ1v) is 7.82. The molecule has 4 aromatic rings. The first-order valence-electron chi connectivity index (χ1n) is 7.82. The summed E-state index contributed by atoms with van der Waals surface area (Å²) in [5.41, 5.74) is 2.41. The van der Waals surface area contributed by atoms with Crippen molar-refractivity contribution in [2.24, 2.45) is 7.05 Å². The lowest BCUT2D eigenvalue weighted by atomic mass is 10.2. The number of para-hydroxylation sites is 1. The highest BCUT2D eigenvalue weighted by atomic mass is 16.2. The van der Waals surface area contributed by atoms with Crippen LogP contribution >= 0.6 is 0 Å². The van der Waals surface area contributed by atoms with Gasteiger partial charge >= 0.3 is 0 Å². The van der Waals surface area contributed by atoms with Crippen LogP contribution in [-0.2, 0) is 7.05 Å². The van der Waals surface area contributed by atoms with Crippen molar-refractivity contribution in [3.63, 3.8) is 0 Å². The number of benzene rings is 2. The molecule has 0 saturated carbocycles. The van der Waals surface area contributed by atoms with E-state index in [-0.39, 0.29) is 11.6 Å². The van der Waals surface area contributed by atoms with Crippen LogP contribution in [0.3, 0.4) is 0 Å². The average molecular weight is 346 g/mol. The van der Waals surface area contributed by atoms with E-state index in [0.717, 1.165) is 11.3 Å². The number of amides is 1. The normalized spacial score (nSPS) is 10.7. The zero-order chi connectivity index (χ0) is 17.9.